The van der Waals surface area contributed by atoms with Crippen LogP contribution in [0.1, 0.15) is 131 Å². The molecule has 0 aliphatic heterocycles. The van der Waals surface area contributed by atoms with E-state index < -0.39 is 0 Å². The van der Waals surface area contributed by atoms with Crippen molar-refractivity contribution in [3.63, 3.8) is 0 Å². The van der Waals surface area contributed by atoms with Crippen molar-refractivity contribution in [3.05, 3.63) is 59.7 Å². The van der Waals surface area contributed by atoms with E-state index in [1.165, 1.54) is 36.0 Å². The maximum absolute atomic E-state index is 10.7. The quantitative estimate of drug-likeness (QED) is 0.231. The van der Waals surface area contributed by atoms with E-state index in [2.05, 4.69) is 91.5 Å². The van der Waals surface area contributed by atoms with Gasteiger partial charge in [-0.05, 0) is 92.6 Å². The molecule has 3 unspecified atom stereocenters. The molecular formula is C34H60O. The van der Waals surface area contributed by atoms with Gasteiger partial charge in [-0.15, -0.1) is 6.58 Å². The second-order valence-corrected chi connectivity index (χ2v) is 11.0. The molecule has 0 heterocycles. The number of rotatable bonds is 12. The lowest BCUT2D eigenvalue weighted by molar-refractivity contribution is 0.112. The largest absolute Gasteiger partial charge is 0.393 e. The van der Waals surface area contributed by atoms with Crippen LogP contribution in [0.2, 0.25) is 0 Å². The highest BCUT2D eigenvalue weighted by molar-refractivity contribution is 5.26. The molecule has 202 valence electrons. The third-order valence-electron chi connectivity index (χ3n) is 7.68. The summed E-state index contributed by atoms with van der Waals surface area (Å²) >= 11 is 0. The lowest BCUT2D eigenvalue weighted by atomic mass is 9.83. The Balaban J connectivity index is 0.00000174. The standard InChI is InChI=1S/C28H44O.C4H10.C2H6/c1-20(2)12-9-7-8-10-15-26-22(5)18-28(29)27(26)17-16-24-13-11-14-25(19-24)23(6)21(3)4;1-3-4-2;1-2/h8,10-11,13-14,19,21-23,26-29H,1,7,9,12,15-18H2,2-6H3;3-4H2,1-2H3;1-2H3/b10-8-;;/t22?,23?,26-,27?,28+;;/m0../s1. The van der Waals surface area contributed by atoms with E-state index in [1.54, 1.807) is 0 Å². The SMILES string of the molecule is C=C(C)CCC/C=C\C[C@H]1C(C)C[C@@H](O)C1CCc1cccc(C(C)C(C)C)c1.CC.CCCC. The molecule has 1 aliphatic carbocycles. The summed E-state index contributed by atoms with van der Waals surface area (Å²) in [4.78, 5) is 0. The van der Waals surface area contributed by atoms with E-state index in [-0.39, 0.29) is 6.10 Å². The molecule has 0 aromatic heterocycles. The molecule has 1 aromatic rings. The van der Waals surface area contributed by atoms with Crippen LogP contribution in [-0.4, -0.2) is 11.2 Å². The van der Waals surface area contributed by atoms with Crippen LogP contribution < -0.4 is 0 Å². The molecule has 0 spiro atoms. The number of aryl methyl sites for hydroxylation is 1. The third-order valence-corrected chi connectivity index (χ3v) is 7.68. The van der Waals surface area contributed by atoms with E-state index in [0.29, 0.717) is 29.6 Å². The van der Waals surface area contributed by atoms with Crippen LogP contribution in [-0.2, 0) is 6.42 Å². The molecule has 1 nitrogen and oxygen atoms in total. The number of hydrogen-bond acceptors (Lipinski definition) is 1. The predicted octanol–water partition coefficient (Wildman–Crippen LogP) is 10.5. The number of aliphatic hydroxyl groups is 1. The summed E-state index contributed by atoms with van der Waals surface area (Å²) in [7, 11) is 0. The van der Waals surface area contributed by atoms with Crippen molar-refractivity contribution in [3.8, 4) is 0 Å². The molecule has 0 bridgehead atoms. The Kier molecular flexibility index (Phi) is 19.0. The van der Waals surface area contributed by atoms with Gasteiger partial charge in [0.25, 0.3) is 0 Å². The normalized spacial score (nSPS) is 22.4. The molecule has 35 heavy (non-hydrogen) atoms. The topological polar surface area (TPSA) is 20.2 Å². The molecule has 1 N–H and O–H groups in total. The molecule has 1 aromatic carbocycles. The summed E-state index contributed by atoms with van der Waals surface area (Å²) in [5.74, 6) is 2.91. The maximum atomic E-state index is 10.7. The van der Waals surface area contributed by atoms with Crippen LogP contribution in [0.25, 0.3) is 0 Å². The highest BCUT2D eigenvalue weighted by atomic mass is 16.3. The van der Waals surface area contributed by atoms with Crippen molar-refractivity contribution in [1.82, 2.24) is 0 Å². The lowest BCUT2D eigenvalue weighted by Gasteiger charge is -2.23. The van der Waals surface area contributed by atoms with Crippen molar-refractivity contribution in [2.24, 2.45) is 23.7 Å². The van der Waals surface area contributed by atoms with E-state index in [9.17, 15) is 5.11 Å². The van der Waals surface area contributed by atoms with Gasteiger partial charge >= 0.3 is 0 Å². The van der Waals surface area contributed by atoms with Crippen LogP contribution in [0.15, 0.2) is 48.6 Å². The number of allylic oxidation sites excluding steroid dienone is 3. The number of hydrogen-bond donors (Lipinski definition) is 1. The van der Waals surface area contributed by atoms with E-state index in [1.807, 2.05) is 13.8 Å². The van der Waals surface area contributed by atoms with E-state index in [4.69, 9.17) is 0 Å². The first kappa shape index (κ1) is 33.7. The van der Waals surface area contributed by atoms with E-state index in [0.717, 1.165) is 38.5 Å². The van der Waals surface area contributed by atoms with Gasteiger partial charge in [0.15, 0.2) is 0 Å². The van der Waals surface area contributed by atoms with Crippen LogP contribution in [0.5, 0.6) is 0 Å². The van der Waals surface area contributed by atoms with Gasteiger partial charge in [-0.1, -0.05) is 110 Å². The zero-order valence-electron chi connectivity index (χ0n) is 24.9. The fourth-order valence-corrected chi connectivity index (χ4v) is 4.89. The van der Waals surface area contributed by atoms with Gasteiger partial charge in [0, 0.05) is 0 Å². The van der Waals surface area contributed by atoms with Crippen LogP contribution in [0.3, 0.4) is 0 Å². The van der Waals surface area contributed by atoms with Crippen molar-refractivity contribution in [2.75, 3.05) is 0 Å². The molecule has 0 amide bonds. The molecule has 2 rings (SSSR count). The highest BCUT2D eigenvalue weighted by Crippen LogP contribution is 2.42. The number of benzene rings is 1. The summed E-state index contributed by atoms with van der Waals surface area (Å²) in [5.41, 5.74) is 4.15. The van der Waals surface area contributed by atoms with Gasteiger partial charge in [-0.3, -0.25) is 0 Å². The van der Waals surface area contributed by atoms with Gasteiger partial charge in [0.05, 0.1) is 6.10 Å². The molecule has 1 fully saturated rings. The third kappa shape index (κ3) is 13.5. The summed E-state index contributed by atoms with van der Waals surface area (Å²) < 4.78 is 0. The average Bonchev–Trinajstić information content (AvgIpc) is 3.12. The molecular weight excluding hydrogens is 424 g/mol. The fraction of sp³-hybridized carbons (Fsp3) is 0.706. The van der Waals surface area contributed by atoms with Gasteiger partial charge in [-0.25, -0.2) is 0 Å². The molecule has 0 radical (unpaired) electrons. The van der Waals surface area contributed by atoms with Gasteiger partial charge in [0.2, 0.25) is 0 Å². The van der Waals surface area contributed by atoms with Crippen LogP contribution >= 0.6 is 0 Å². The monoisotopic (exact) mass is 484 g/mol. The minimum atomic E-state index is -0.135. The Bertz CT molecular complexity index is 684. The smallest absolute Gasteiger partial charge is 0.0574 e. The Labute approximate surface area is 220 Å². The van der Waals surface area contributed by atoms with Crippen molar-refractivity contribution in [1.29, 1.82) is 0 Å². The van der Waals surface area contributed by atoms with E-state index >= 15 is 0 Å². The first-order valence-electron chi connectivity index (χ1n) is 14.8. The lowest BCUT2D eigenvalue weighted by Crippen LogP contribution is -2.20. The minimum absolute atomic E-state index is 0.135. The molecule has 1 aliphatic rings. The Hall–Kier alpha value is -1.34. The summed E-state index contributed by atoms with van der Waals surface area (Å²) in [6.45, 7) is 23.7. The van der Waals surface area contributed by atoms with Crippen molar-refractivity contribution < 1.29 is 5.11 Å². The molecule has 5 atom stereocenters. The predicted molar refractivity (Wildman–Crippen MR) is 159 cm³/mol. The first-order chi connectivity index (χ1) is 16.7. The zero-order chi connectivity index (χ0) is 26.8. The zero-order valence-corrected chi connectivity index (χ0v) is 24.9. The van der Waals surface area contributed by atoms with Crippen molar-refractivity contribution in [2.45, 2.75) is 132 Å². The minimum Gasteiger partial charge on any atom is -0.393 e. The van der Waals surface area contributed by atoms with Gasteiger partial charge < -0.3 is 5.11 Å². The molecule has 1 saturated carbocycles. The Morgan fingerprint density at radius 2 is 1.74 bits per heavy atom. The maximum Gasteiger partial charge on any atom is 0.0574 e. The van der Waals surface area contributed by atoms with Crippen LogP contribution in [0, 0.1) is 23.7 Å². The summed E-state index contributed by atoms with van der Waals surface area (Å²) in [6, 6.07) is 9.13. The number of unbranched alkanes of at least 4 members (excludes halogenated alkanes) is 2. The molecule has 1 heteroatoms. The number of aliphatic hydroxyl groups excluding tert-OH is 1. The van der Waals surface area contributed by atoms with Gasteiger partial charge in [-0.2, -0.15) is 0 Å². The summed E-state index contributed by atoms with van der Waals surface area (Å²) in [6.07, 6.45) is 14.9. The average molecular weight is 485 g/mol. The Morgan fingerprint density at radius 1 is 1.09 bits per heavy atom. The first-order valence-corrected chi connectivity index (χ1v) is 14.8. The van der Waals surface area contributed by atoms with Crippen molar-refractivity contribution >= 4 is 0 Å². The van der Waals surface area contributed by atoms with Gasteiger partial charge in [0.1, 0.15) is 0 Å². The Morgan fingerprint density at radius 3 is 2.31 bits per heavy atom. The highest BCUT2D eigenvalue weighted by Gasteiger charge is 2.38. The van der Waals surface area contributed by atoms with Crippen LogP contribution in [0.4, 0.5) is 0 Å². The molecule has 0 saturated heterocycles. The fourth-order valence-electron chi connectivity index (χ4n) is 4.89. The second-order valence-electron chi connectivity index (χ2n) is 11.0. The second kappa shape index (κ2) is 19.8. The summed E-state index contributed by atoms with van der Waals surface area (Å²) in [5, 5.41) is 10.7.